The molecule has 0 spiro atoms. The van der Waals surface area contributed by atoms with Crippen molar-refractivity contribution in [2.45, 2.75) is 9.79 Å². The van der Waals surface area contributed by atoms with Crippen LogP contribution in [0.3, 0.4) is 0 Å². The predicted molar refractivity (Wildman–Crippen MR) is 330 cm³/mol. The molecule has 12 aromatic rings. The number of hydrogen-bond donors (Lipinski definition) is 0. The van der Waals surface area contributed by atoms with Crippen LogP contribution in [0.15, 0.2) is 337 Å². The molecule has 0 aromatic heterocycles. The van der Waals surface area contributed by atoms with Crippen LogP contribution in [0.4, 0.5) is 89.7 Å². The second-order valence-electron chi connectivity index (χ2n) is 18.8. The van der Waals surface area contributed by atoms with Gasteiger partial charge in [-0.2, -0.15) is 0 Å². The summed E-state index contributed by atoms with van der Waals surface area (Å²) in [6, 6.07) is 113. The molecule has 0 amide bonds. The molecule has 0 fully saturated rings. The molecule has 0 bridgehead atoms. The van der Waals surface area contributed by atoms with E-state index in [0.717, 1.165) is 89.4 Å². The highest BCUT2D eigenvalue weighted by atomic mass is 32.2. The molecule has 380 valence electrons. The van der Waals surface area contributed by atoms with E-state index >= 15 is 4.39 Å². The molecule has 0 aliphatic heterocycles. The highest BCUT2D eigenvalue weighted by Gasteiger charge is 2.25. The number of halogens is 1. The first kappa shape index (κ1) is 49.8. The van der Waals surface area contributed by atoms with E-state index in [1.807, 2.05) is 36.4 Å². The number of nitrogens with zero attached hydrogens (tertiary/aromatic N) is 5. The average molecular weight is 1040 g/mol. The zero-order valence-electron chi connectivity index (χ0n) is 43.2. The maximum Gasteiger partial charge on any atom is 0.147 e. The van der Waals surface area contributed by atoms with Crippen molar-refractivity contribution in [3.05, 3.63) is 333 Å². The lowest BCUT2D eigenvalue weighted by Crippen LogP contribution is -2.17. The van der Waals surface area contributed by atoms with Crippen LogP contribution in [-0.4, -0.2) is 0 Å². The van der Waals surface area contributed by atoms with Crippen LogP contribution >= 0.6 is 11.8 Å². The second-order valence-corrected chi connectivity index (χ2v) is 20.0. The fourth-order valence-corrected chi connectivity index (χ4v) is 11.1. The SMILES string of the molecule is Fc1ccccc1N(c1cccc(Sc2cc(N(c3ccccc3)c3ccccc3)cc(N(c3ccccc3)c3ccccc3)c2)c1)c1cc(N(c2ccccc2)c2ccccc2)cc(N(c2ccccc2)c2ccccc2)c1. The highest BCUT2D eigenvalue weighted by Crippen LogP contribution is 2.48. The smallest absolute Gasteiger partial charge is 0.147 e. The van der Waals surface area contributed by atoms with Gasteiger partial charge in [0, 0.05) is 72.4 Å². The maximum absolute atomic E-state index is 17.0. The molecule has 12 rings (SSSR count). The zero-order valence-corrected chi connectivity index (χ0v) is 44.0. The molecule has 79 heavy (non-hydrogen) atoms. The van der Waals surface area contributed by atoms with Crippen LogP contribution in [0.1, 0.15) is 0 Å². The molecule has 0 unspecified atom stereocenters. The van der Waals surface area contributed by atoms with Crippen molar-refractivity contribution in [1.29, 1.82) is 0 Å². The first-order valence-corrected chi connectivity index (χ1v) is 27.2. The minimum Gasteiger partial charge on any atom is -0.310 e. The van der Waals surface area contributed by atoms with Crippen LogP contribution in [0.5, 0.6) is 0 Å². The fourth-order valence-electron chi connectivity index (χ4n) is 10.1. The Balaban J connectivity index is 1.05. The third kappa shape index (κ3) is 11.1. The molecule has 7 heteroatoms. The van der Waals surface area contributed by atoms with Crippen molar-refractivity contribution in [3.8, 4) is 0 Å². The van der Waals surface area contributed by atoms with Crippen LogP contribution in [0, 0.1) is 5.82 Å². The van der Waals surface area contributed by atoms with Crippen LogP contribution < -0.4 is 24.5 Å². The summed E-state index contributed by atoms with van der Waals surface area (Å²) in [5, 5.41) is 0. The van der Waals surface area contributed by atoms with E-state index in [4.69, 9.17) is 0 Å². The van der Waals surface area contributed by atoms with E-state index in [-0.39, 0.29) is 5.82 Å². The van der Waals surface area contributed by atoms with E-state index in [0.29, 0.717) is 5.69 Å². The Bertz CT molecular complexity index is 3540. The van der Waals surface area contributed by atoms with E-state index in [2.05, 4.69) is 304 Å². The van der Waals surface area contributed by atoms with E-state index in [9.17, 15) is 0 Å². The molecule has 0 N–H and O–H groups in total. The van der Waals surface area contributed by atoms with Gasteiger partial charge in [0.2, 0.25) is 0 Å². The first-order chi connectivity index (χ1) is 39.1. The number of hydrogen-bond acceptors (Lipinski definition) is 6. The molecular formula is C72H54FN5S. The molecule has 12 aromatic carbocycles. The third-order valence-electron chi connectivity index (χ3n) is 13.6. The summed E-state index contributed by atoms with van der Waals surface area (Å²) in [7, 11) is 0. The van der Waals surface area contributed by atoms with Gasteiger partial charge in [-0.25, -0.2) is 4.39 Å². The van der Waals surface area contributed by atoms with Crippen molar-refractivity contribution < 1.29 is 4.39 Å². The number of para-hydroxylation sites is 9. The van der Waals surface area contributed by atoms with Gasteiger partial charge in [-0.15, -0.1) is 0 Å². The molecular weight excluding hydrogens is 986 g/mol. The Morgan fingerprint density at radius 1 is 0.190 bits per heavy atom. The summed E-state index contributed by atoms with van der Waals surface area (Å²) < 4.78 is 17.0. The van der Waals surface area contributed by atoms with Gasteiger partial charge in [0.05, 0.1) is 22.7 Å². The summed E-state index contributed by atoms with van der Waals surface area (Å²) in [5.74, 6) is -0.348. The molecule has 0 heterocycles. The number of anilines is 15. The Morgan fingerprint density at radius 2 is 0.430 bits per heavy atom. The van der Waals surface area contributed by atoms with Gasteiger partial charge in [0.15, 0.2) is 0 Å². The van der Waals surface area contributed by atoms with Gasteiger partial charge >= 0.3 is 0 Å². The molecule has 0 aliphatic rings. The Labute approximate surface area is 466 Å². The lowest BCUT2D eigenvalue weighted by Gasteiger charge is -2.33. The third-order valence-corrected chi connectivity index (χ3v) is 14.5. The van der Waals surface area contributed by atoms with E-state index in [1.54, 1.807) is 17.8 Å². The summed E-state index contributed by atoms with van der Waals surface area (Å²) >= 11 is 1.67. The predicted octanol–water partition coefficient (Wildman–Crippen LogP) is 21.3. The summed E-state index contributed by atoms with van der Waals surface area (Å²) in [4.78, 5) is 13.2. The van der Waals surface area contributed by atoms with E-state index < -0.39 is 0 Å². The molecule has 0 aliphatic carbocycles. The van der Waals surface area contributed by atoms with Crippen molar-refractivity contribution in [1.82, 2.24) is 0 Å². The van der Waals surface area contributed by atoms with Crippen molar-refractivity contribution in [3.63, 3.8) is 0 Å². The molecule has 0 atom stereocenters. The minimum atomic E-state index is -0.348. The standard InChI is InChI=1S/C72H54FN5S/c73-71-46-25-26-47-72(71)78(66-49-64(74(55-28-9-1-10-29-55)56-30-11-2-12-31-56)48-65(50-66)75(57-32-13-3-14-33-57)58-34-15-4-16-35-58)63-44-27-45-69(52-63)79-70-53-67(76(59-36-17-5-18-37-59)60-38-19-6-20-39-60)51-68(54-70)77(61-40-21-7-22-41-61)62-42-23-8-24-43-62/h1-54H. The Kier molecular flexibility index (Phi) is 14.8. The molecule has 0 saturated carbocycles. The molecule has 0 radical (unpaired) electrons. The fraction of sp³-hybridized carbons (Fsp3) is 0. The number of rotatable bonds is 17. The minimum absolute atomic E-state index is 0.348. The largest absolute Gasteiger partial charge is 0.310 e. The van der Waals surface area contributed by atoms with Gasteiger partial charge in [-0.3, -0.25) is 0 Å². The first-order valence-electron chi connectivity index (χ1n) is 26.3. The summed E-state index contributed by atoms with van der Waals surface area (Å²) in [6.45, 7) is 0. The maximum atomic E-state index is 17.0. The molecule has 0 saturated heterocycles. The van der Waals surface area contributed by atoms with Gasteiger partial charge in [-0.05, 0) is 164 Å². The van der Waals surface area contributed by atoms with Crippen molar-refractivity contribution in [2.75, 3.05) is 24.5 Å². The highest BCUT2D eigenvalue weighted by molar-refractivity contribution is 7.99. The van der Waals surface area contributed by atoms with E-state index in [1.165, 1.54) is 6.07 Å². The lowest BCUT2D eigenvalue weighted by atomic mass is 10.1. The van der Waals surface area contributed by atoms with Crippen LogP contribution in [-0.2, 0) is 0 Å². The zero-order chi connectivity index (χ0) is 53.2. The van der Waals surface area contributed by atoms with Gasteiger partial charge in [-0.1, -0.05) is 176 Å². The van der Waals surface area contributed by atoms with Crippen molar-refractivity contribution in [2.24, 2.45) is 0 Å². The monoisotopic (exact) mass is 1040 g/mol. The van der Waals surface area contributed by atoms with Crippen LogP contribution in [0.25, 0.3) is 0 Å². The summed E-state index contributed by atoms with van der Waals surface area (Å²) in [5.41, 5.74) is 13.8. The average Bonchev–Trinajstić information content (AvgIpc) is 3.58. The normalized spacial score (nSPS) is 10.9. The Hall–Kier alpha value is -10.1. The van der Waals surface area contributed by atoms with Gasteiger partial charge in [0.25, 0.3) is 0 Å². The topological polar surface area (TPSA) is 16.2 Å². The second kappa shape index (κ2) is 23.4. The van der Waals surface area contributed by atoms with Crippen LogP contribution in [0.2, 0.25) is 0 Å². The summed E-state index contributed by atoms with van der Waals surface area (Å²) in [6.07, 6.45) is 0. The van der Waals surface area contributed by atoms with Gasteiger partial charge in [0.1, 0.15) is 5.82 Å². The van der Waals surface area contributed by atoms with Gasteiger partial charge < -0.3 is 24.5 Å². The quantitative estimate of drug-likeness (QED) is 0.0897. The Morgan fingerprint density at radius 3 is 0.734 bits per heavy atom. The lowest BCUT2D eigenvalue weighted by molar-refractivity contribution is 0.629. The van der Waals surface area contributed by atoms with Crippen molar-refractivity contribution >= 4 is 97.1 Å². The number of benzene rings is 12. The molecule has 5 nitrogen and oxygen atoms in total.